The van der Waals surface area contributed by atoms with Gasteiger partial charge in [-0.15, -0.1) is 0 Å². The molecule has 4 rings (SSSR count). The second kappa shape index (κ2) is 8.88. The van der Waals surface area contributed by atoms with Gasteiger partial charge in [-0.1, -0.05) is 18.2 Å². The molecule has 150 valence electrons. The van der Waals surface area contributed by atoms with Crippen molar-refractivity contribution in [1.29, 1.82) is 0 Å². The highest BCUT2D eigenvalue weighted by Gasteiger charge is 2.27. The average molecular weight is 383 g/mol. The van der Waals surface area contributed by atoms with Crippen LogP contribution < -0.4 is 5.73 Å². The van der Waals surface area contributed by atoms with E-state index in [0.29, 0.717) is 18.8 Å². The van der Waals surface area contributed by atoms with Gasteiger partial charge in [0.15, 0.2) is 0 Å². The average Bonchev–Trinajstić information content (AvgIpc) is 2.74. The van der Waals surface area contributed by atoms with Gasteiger partial charge in [0.1, 0.15) is 6.61 Å². The maximum atomic E-state index is 12.6. The number of hydrogen-bond acceptors (Lipinski definition) is 5. The van der Waals surface area contributed by atoms with Crippen molar-refractivity contribution in [2.24, 2.45) is 0 Å². The van der Waals surface area contributed by atoms with E-state index in [1.54, 1.807) is 0 Å². The zero-order chi connectivity index (χ0) is 19.3. The van der Waals surface area contributed by atoms with E-state index in [4.69, 9.17) is 20.2 Å². The van der Waals surface area contributed by atoms with E-state index in [2.05, 4.69) is 0 Å². The number of piperidine rings is 1. The number of aromatic nitrogens is 1. The Labute approximate surface area is 166 Å². The summed E-state index contributed by atoms with van der Waals surface area (Å²) >= 11 is 0. The number of benzene rings is 1. The Bertz CT molecular complexity index is 820. The van der Waals surface area contributed by atoms with Crippen molar-refractivity contribution in [2.75, 3.05) is 38.6 Å². The van der Waals surface area contributed by atoms with Gasteiger partial charge in [-0.3, -0.25) is 9.78 Å². The number of anilines is 1. The number of carbonyl (C=O) groups is 1. The molecule has 1 aromatic heterocycles. The van der Waals surface area contributed by atoms with Crippen molar-refractivity contribution in [1.82, 2.24) is 9.88 Å². The van der Waals surface area contributed by atoms with Gasteiger partial charge in [0.2, 0.25) is 5.91 Å². The highest BCUT2D eigenvalue weighted by Crippen LogP contribution is 2.31. The van der Waals surface area contributed by atoms with Gasteiger partial charge in [-0.25, -0.2) is 0 Å². The second-order valence-electron chi connectivity index (χ2n) is 7.84. The molecule has 6 heteroatoms. The molecule has 2 fully saturated rings. The fraction of sp³-hybridized carbons (Fsp3) is 0.545. The Morgan fingerprint density at radius 1 is 1.25 bits per heavy atom. The molecule has 1 amide bonds. The number of likely N-dealkylation sites (tertiary alicyclic amines) is 1. The number of rotatable bonds is 5. The van der Waals surface area contributed by atoms with Crippen LogP contribution in [0.2, 0.25) is 0 Å². The minimum Gasteiger partial charge on any atom is -0.397 e. The molecular formula is C22H29N3O3. The van der Waals surface area contributed by atoms with E-state index < -0.39 is 0 Å². The highest BCUT2D eigenvalue weighted by atomic mass is 16.5. The lowest BCUT2D eigenvalue weighted by molar-refractivity contribution is -0.139. The van der Waals surface area contributed by atoms with Gasteiger partial charge in [-0.05, 0) is 44.2 Å². The zero-order valence-corrected chi connectivity index (χ0v) is 16.3. The molecule has 28 heavy (non-hydrogen) atoms. The number of nitrogens with zero attached hydrogens (tertiary/aromatic N) is 2. The van der Waals surface area contributed by atoms with Crippen LogP contribution in [0.1, 0.15) is 43.7 Å². The number of fused-ring (bicyclic) bond motifs is 1. The summed E-state index contributed by atoms with van der Waals surface area (Å²) in [5, 5.41) is 1.05. The molecule has 2 aliphatic heterocycles. The molecule has 0 aliphatic carbocycles. The maximum Gasteiger partial charge on any atom is 0.248 e. The van der Waals surface area contributed by atoms with Gasteiger partial charge >= 0.3 is 0 Å². The standard InChI is InChI=1S/C22H29N3O3/c23-19-12-16-6-1-2-9-20(16)24-22(19)17-7-5-10-25(13-17)21(26)15-27-14-18-8-3-4-11-28-18/h1-2,6,9,12,17-18H,3-5,7-8,10-11,13-15,23H2. The summed E-state index contributed by atoms with van der Waals surface area (Å²) in [5.41, 5.74) is 8.87. The lowest BCUT2D eigenvalue weighted by atomic mass is 9.92. The third kappa shape index (κ3) is 4.45. The lowest BCUT2D eigenvalue weighted by Crippen LogP contribution is -2.41. The smallest absolute Gasteiger partial charge is 0.248 e. The van der Waals surface area contributed by atoms with Crippen LogP contribution in [0.25, 0.3) is 10.9 Å². The van der Waals surface area contributed by atoms with E-state index in [-0.39, 0.29) is 24.5 Å². The van der Waals surface area contributed by atoms with Crippen molar-refractivity contribution in [3.05, 3.63) is 36.0 Å². The third-order valence-electron chi connectivity index (χ3n) is 5.75. The maximum absolute atomic E-state index is 12.6. The molecule has 6 nitrogen and oxygen atoms in total. The topological polar surface area (TPSA) is 77.7 Å². The monoisotopic (exact) mass is 383 g/mol. The van der Waals surface area contributed by atoms with Gasteiger partial charge in [0.25, 0.3) is 0 Å². The largest absolute Gasteiger partial charge is 0.397 e. The number of nitrogen functional groups attached to an aromatic ring is 1. The summed E-state index contributed by atoms with van der Waals surface area (Å²) in [6.07, 6.45) is 5.41. The molecule has 0 saturated carbocycles. The quantitative estimate of drug-likeness (QED) is 0.858. The first-order chi connectivity index (χ1) is 13.7. The second-order valence-corrected chi connectivity index (χ2v) is 7.84. The zero-order valence-electron chi connectivity index (χ0n) is 16.3. The first kappa shape index (κ1) is 19.2. The van der Waals surface area contributed by atoms with Crippen LogP contribution in [0.4, 0.5) is 5.69 Å². The van der Waals surface area contributed by atoms with Gasteiger partial charge in [0, 0.05) is 31.0 Å². The minimum absolute atomic E-state index is 0.0415. The van der Waals surface area contributed by atoms with Crippen LogP contribution in [0.5, 0.6) is 0 Å². The van der Waals surface area contributed by atoms with Crippen LogP contribution in [0.3, 0.4) is 0 Å². The molecule has 2 unspecified atom stereocenters. The Hall–Kier alpha value is -2.18. The predicted molar refractivity (Wildman–Crippen MR) is 109 cm³/mol. The van der Waals surface area contributed by atoms with Crippen molar-refractivity contribution in [2.45, 2.75) is 44.1 Å². The highest BCUT2D eigenvalue weighted by molar-refractivity contribution is 5.82. The van der Waals surface area contributed by atoms with Crippen molar-refractivity contribution < 1.29 is 14.3 Å². The molecule has 0 spiro atoms. The summed E-state index contributed by atoms with van der Waals surface area (Å²) in [5.74, 6) is 0.212. The van der Waals surface area contributed by atoms with E-state index in [1.165, 1.54) is 6.42 Å². The van der Waals surface area contributed by atoms with Crippen LogP contribution in [-0.2, 0) is 14.3 Å². The van der Waals surface area contributed by atoms with Gasteiger partial charge in [-0.2, -0.15) is 0 Å². The molecule has 2 saturated heterocycles. The van der Waals surface area contributed by atoms with Crippen molar-refractivity contribution >= 4 is 22.5 Å². The Balaban J connectivity index is 1.36. The van der Waals surface area contributed by atoms with Crippen LogP contribution in [0.15, 0.2) is 30.3 Å². The van der Waals surface area contributed by atoms with E-state index in [1.807, 2.05) is 35.2 Å². The SMILES string of the molecule is Nc1cc2ccccc2nc1C1CCCN(C(=O)COCC2CCCCO2)C1. The van der Waals surface area contributed by atoms with Gasteiger partial charge in [0.05, 0.1) is 29.6 Å². The molecule has 3 heterocycles. The number of ether oxygens (including phenoxy) is 2. The summed E-state index contributed by atoms with van der Waals surface area (Å²) in [6.45, 7) is 2.84. The number of amides is 1. The third-order valence-corrected chi connectivity index (χ3v) is 5.75. The van der Waals surface area contributed by atoms with Crippen molar-refractivity contribution in [3.8, 4) is 0 Å². The lowest BCUT2D eigenvalue weighted by Gasteiger charge is -2.33. The van der Waals surface area contributed by atoms with Crippen LogP contribution in [0, 0.1) is 0 Å². The predicted octanol–water partition coefficient (Wildman–Crippen LogP) is 3.11. The van der Waals surface area contributed by atoms with E-state index in [0.717, 1.165) is 55.4 Å². The molecule has 1 aromatic carbocycles. The molecular weight excluding hydrogens is 354 g/mol. The molecule has 2 atom stereocenters. The normalized spacial score (nSPS) is 23.1. The molecule has 2 aromatic rings. The summed E-state index contributed by atoms with van der Waals surface area (Å²) < 4.78 is 11.3. The van der Waals surface area contributed by atoms with Crippen LogP contribution >= 0.6 is 0 Å². The molecule has 0 bridgehead atoms. The molecule has 2 N–H and O–H groups in total. The molecule has 2 aliphatic rings. The van der Waals surface area contributed by atoms with Crippen LogP contribution in [-0.4, -0.2) is 54.8 Å². The fourth-order valence-electron chi connectivity index (χ4n) is 4.21. The van der Waals surface area contributed by atoms with E-state index >= 15 is 0 Å². The summed E-state index contributed by atoms with van der Waals surface area (Å²) in [7, 11) is 0. The van der Waals surface area contributed by atoms with Gasteiger partial charge < -0.3 is 20.1 Å². The minimum atomic E-state index is 0.0415. The van der Waals surface area contributed by atoms with Crippen molar-refractivity contribution in [3.63, 3.8) is 0 Å². The Kier molecular flexibility index (Phi) is 6.07. The Morgan fingerprint density at radius 3 is 3.00 bits per heavy atom. The fourth-order valence-corrected chi connectivity index (χ4v) is 4.21. The number of carbonyl (C=O) groups excluding carboxylic acids is 1. The number of hydrogen-bond donors (Lipinski definition) is 1. The Morgan fingerprint density at radius 2 is 2.14 bits per heavy atom. The first-order valence-electron chi connectivity index (χ1n) is 10.3. The summed E-state index contributed by atoms with van der Waals surface area (Å²) in [6, 6.07) is 9.99. The number of pyridine rings is 1. The molecule has 0 radical (unpaired) electrons. The number of nitrogens with two attached hydrogens (primary N) is 1. The van der Waals surface area contributed by atoms with E-state index in [9.17, 15) is 4.79 Å². The first-order valence-corrected chi connectivity index (χ1v) is 10.3. The number of para-hydroxylation sites is 1. The summed E-state index contributed by atoms with van der Waals surface area (Å²) in [4.78, 5) is 19.3.